The standard InChI is InChI=1S/C10H13N3O/c1-7(2)12-5-4-9(14)13-6-8(3)11-10(12)13/h4-7H,1-3H3. The SMILES string of the molecule is Cc1cn2c(=O)ccn(C(C)C)c2n1. The Hall–Kier alpha value is -1.58. The number of aromatic nitrogens is 3. The van der Waals surface area contributed by atoms with E-state index in [0.717, 1.165) is 5.69 Å². The number of fused-ring (bicyclic) bond motifs is 1. The predicted octanol–water partition coefficient (Wildman–Crippen LogP) is 1.39. The van der Waals surface area contributed by atoms with E-state index in [-0.39, 0.29) is 5.56 Å². The normalized spacial score (nSPS) is 11.4. The number of hydrogen-bond acceptors (Lipinski definition) is 2. The first-order valence-electron chi connectivity index (χ1n) is 4.66. The van der Waals surface area contributed by atoms with Gasteiger partial charge in [0.05, 0.1) is 5.69 Å². The fourth-order valence-electron chi connectivity index (χ4n) is 1.52. The molecule has 74 valence electrons. The largest absolute Gasteiger partial charge is 0.316 e. The Morgan fingerprint density at radius 2 is 2.14 bits per heavy atom. The number of rotatable bonds is 1. The fourth-order valence-corrected chi connectivity index (χ4v) is 1.52. The van der Waals surface area contributed by atoms with Gasteiger partial charge in [-0.2, -0.15) is 0 Å². The van der Waals surface area contributed by atoms with Crippen molar-refractivity contribution in [2.45, 2.75) is 26.8 Å². The Kier molecular flexibility index (Phi) is 1.91. The molecular formula is C10H13N3O. The summed E-state index contributed by atoms with van der Waals surface area (Å²) in [5, 5.41) is 0. The van der Waals surface area contributed by atoms with Crippen LogP contribution in [-0.4, -0.2) is 14.0 Å². The van der Waals surface area contributed by atoms with Crippen molar-refractivity contribution in [3.8, 4) is 0 Å². The van der Waals surface area contributed by atoms with Crippen LogP contribution in [-0.2, 0) is 0 Å². The van der Waals surface area contributed by atoms with Crippen molar-refractivity contribution in [1.82, 2.24) is 14.0 Å². The molecular weight excluding hydrogens is 178 g/mol. The number of imidazole rings is 1. The van der Waals surface area contributed by atoms with Gasteiger partial charge in [-0.1, -0.05) is 0 Å². The summed E-state index contributed by atoms with van der Waals surface area (Å²) in [5.74, 6) is 0.713. The van der Waals surface area contributed by atoms with Crippen molar-refractivity contribution in [2.75, 3.05) is 0 Å². The van der Waals surface area contributed by atoms with Crippen molar-refractivity contribution < 1.29 is 0 Å². The zero-order chi connectivity index (χ0) is 10.3. The maximum Gasteiger partial charge on any atom is 0.258 e. The highest BCUT2D eigenvalue weighted by atomic mass is 16.1. The summed E-state index contributed by atoms with van der Waals surface area (Å²) >= 11 is 0. The quantitative estimate of drug-likeness (QED) is 0.683. The molecule has 14 heavy (non-hydrogen) atoms. The van der Waals surface area contributed by atoms with Gasteiger partial charge in [0.1, 0.15) is 0 Å². The van der Waals surface area contributed by atoms with Crippen LogP contribution in [0.3, 0.4) is 0 Å². The summed E-state index contributed by atoms with van der Waals surface area (Å²) in [4.78, 5) is 15.8. The van der Waals surface area contributed by atoms with Crippen LogP contribution in [0.5, 0.6) is 0 Å². The fraction of sp³-hybridized carbons (Fsp3) is 0.400. The topological polar surface area (TPSA) is 39.3 Å². The Balaban J connectivity index is 2.88. The van der Waals surface area contributed by atoms with E-state index in [1.807, 2.05) is 11.5 Å². The highest BCUT2D eigenvalue weighted by molar-refractivity contribution is 5.32. The molecule has 0 radical (unpaired) electrons. The lowest BCUT2D eigenvalue weighted by atomic mass is 10.4. The minimum atomic E-state index is -0.0301. The molecule has 2 rings (SSSR count). The van der Waals surface area contributed by atoms with Gasteiger partial charge in [-0.3, -0.25) is 9.20 Å². The summed E-state index contributed by atoms with van der Waals surface area (Å²) in [7, 11) is 0. The molecule has 2 aromatic heterocycles. The molecule has 0 saturated carbocycles. The monoisotopic (exact) mass is 191 g/mol. The Morgan fingerprint density at radius 3 is 2.79 bits per heavy atom. The third-order valence-electron chi connectivity index (χ3n) is 2.21. The third-order valence-corrected chi connectivity index (χ3v) is 2.21. The maximum atomic E-state index is 11.5. The number of hydrogen-bond donors (Lipinski definition) is 0. The van der Waals surface area contributed by atoms with Crippen molar-refractivity contribution in [3.63, 3.8) is 0 Å². The van der Waals surface area contributed by atoms with Crippen molar-refractivity contribution in [1.29, 1.82) is 0 Å². The van der Waals surface area contributed by atoms with Crippen LogP contribution in [0.4, 0.5) is 0 Å². The zero-order valence-corrected chi connectivity index (χ0v) is 8.56. The van der Waals surface area contributed by atoms with Crippen LogP contribution in [0.15, 0.2) is 23.3 Å². The zero-order valence-electron chi connectivity index (χ0n) is 8.56. The maximum absolute atomic E-state index is 11.5. The predicted molar refractivity (Wildman–Crippen MR) is 54.6 cm³/mol. The molecule has 0 aliphatic heterocycles. The van der Waals surface area contributed by atoms with Gasteiger partial charge in [0.15, 0.2) is 0 Å². The molecule has 0 unspecified atom stereocenters. The van der Waals surface area contributed by atoms with Crippen LogP contribution in [0, 0.1) is 6.92 Å². The summed E-state index contributed by atoms with van der Waals surface area (Å²) < 4.78 is 3.56. The van der Waals surface area contributed by atoms with E-state index in [4.69, 9.17) is 0 Å². The van der Waals surface area contributed by atoms with Crippen LogP contribution in [0.1, 0.15) is 25.6 Å². The smallest absolute Gasteiger partial charge is 0.258 e. The Bertz CT molecular complexity index is 522. The lowest BCUT2D eigenvalue weighted by Gasteiger charge is -2.10. The highest BCUT2D eigenvalue weighted by Gasteiger charge is 2.06. The van der Waals surface area contributed by atoms with Crippen molar-refractivity contribution in [2.24, 2.45) is 0 Å². The minimum absolute atomic E-state index is 0.0301. The molecule has 0 aliphatic rings. The van der Waals surface area contributed by atoms with Gasteiger partial charge in [-0.25, -0.2) is 4.98 Å². The molecule has 0 aliphatic carbocycles. The Labute approximate surface area is 81.8 Å². The Morgan fingerprint density at radius 1 is 1.43 bits per heavy atom. The molecule has 0 spiro atoms. The van der Waals surface area contributed by atoms with Gasteiger partial charge >= 0.3 is 0 Å². The van der Waals surface area contributed by atoms with Crippen molar-refractivity contribution >= 4 is 5.78 Å². The average molecular weight is 191 g/mol. The van der Waals surface area contributed by atoms with Gasteiger partial charge in [0, 0.05) is 24.5 Å². The highest BCUT2D eigenvalue weighted by Crippen LogP contribution is 2.08. The summed E-state index contributed by atoms with van der Waals surface area (Å²) in [5.41, 5.74) is 0.834. The summed E-state index contributed by atoms with van der Waals surface area (Å²) in [6.07, 6.45) is 3.55. The van der Waals surface area contributed by atoms with E-state index >= 15 is 0 Å². The first-order chi connectivity index (χ1) is 6.59. The average Bonchev–Trinajstić information content (AvgIpc) is 2.47. The summed E-state index contributed by atoms with van der Waals surface area (Å²) in [6, 6.07) is 1.87. The molecule has 0 atom stereocenters. The molecule has 4 nitrogen and oxygen atoms in total. The molecule has 2 aromatic rings. The lowest BCUT2D eigenvalue weighted by molar-refractivity contribution is 0.599. The van der Waals surface area contributed by atoms with E-state index in [2.05, 4.69) is 18.8 Å². The van der Waals surface area contributed by atoms with Crippen LogP contribution in [0.25, 0.3) is 5.78 Å². The number of aryl methyl sites for hydroxylation is 1. The first kappa shape index (κ1) is 8.99. The molecule has 4 heteroatoms. The summed E-state index contributed by atoms with van der Waals surface area (Å²) in [6.45, 7) is 6.01. The third kappa shape index (κ3) is 1.23. The second kappa shape index (κ2) is 2.97. The van der Waals surface area contributed by atoms with Gasteiger partial charge in [0.2, 0.25) is 5.78 Å². The van der Waals surface area contributed by atoms with Gasteiger partial charge in [-0.15, -0.1) is 0 Å². The second-order valence-electron chi connectivity index (χ2n) is 3.71. The van der Waals surface area contributed by atoms with Gasteiger partial charge in [0.25, 0.3) is 5.56 Å². The van der Waals surface area contributed by atoms with Crippen LogP contribution in [0.2, 0.25) is 0 Å². The van der Waals surface area contributed by atoms with E-state index in [0.29, 0.717) is 11.8 Å². The van der Waals surface area contributed by atoms with E-state index in [9.17, 15) is 4.79 Å². The lowest BCUT2D eigenvalue weighted by Crippen LogP contribution is -2.16. The van der Waals surface area contributed by atoms with Gasteiger partial charge < -0.3 is 4.57 Å². The number of nitrogens with zero attached hydrogens (tertiary/aromatic N) is 3. The molecule has 0 bridgehead atoms. The van der Waals surface area contributed by atoms with E-state index < -0.39 is 0 Å². The molecule has 0 N–H and O–H groups in total. The van der Waals surface area contributed by atoms with E-state index in [1.54, 1.807) is 22.9 Å². The minimum Gasteiger partial charge on any atom is -0.316 e. The molecule has 0 saturated heterocycles. The molecule has 0 aromatic carbocycles. The molecule has 2 heterocycles. The van der Waals surface area contributed by atoms with Crippen molar-refractivity contribution in [3.05, 3.63) is 34.5 Å². The van der Waals surface area contributed by atoms with E-state index in [1.165, 1.54) is 0 Å². The molecule has 0 fully saturated rings. The second-order valence-corrected chi connectivity index (χ2v) is 3.71. The first-order valence-corrected chi connectivity index (χ1v) is 4.66. The van der Waals surface area contributed by atoms with Crippen LogP contribution < -0.4 is 5.56 Å². The van der Waals surface area contributed by atoms with Gasteiger partial charge in [-0.05, 0) is 20.8 Å². The van der Waals surface area contributed by atoms with Crippen LogP contribution >= 0.6 is 0 Å². The molecule has 0 amide bonds.